The van der Waals surface area contributed by atoms with E-state index in [0.29, 0.717) is 24.7 Å². The topological polar surface area (TPSA) is 87.7 Å². The average Bonchev–Trinajstić information content (AvgIpc) is 2.61. The molecule has 1 saturated heterocycles. The molecule has 1 heterocycles. The standard InChI is InChI=1S/C16H25N3O4S/c1-17-14-6-9-19(10-7-14)16(20)13-4-3-5-15(12-13)24(21,22)18-8-11-23-2/h3-5,12,14,17-18H,6-11H2,1-2H3. The van der Waals surface area contributed by atoms with Crippen LogP contribution in [0.15, 0.2) is 29.2 Å². The van der Waals surface area contributed by atoms with E-state index in [9.17, 15) is 13.2 Å². The molecule has 1 amide bonds. The first kappa shape index (κ1) is 18.9. The molecule has 1 fully saturated rings. The van der Waals surface area contributed by atoms with Crippen molar-refractivity contribution in [2.75, 3.05) is 40.4 Å². The van der Waals surface area contributed by atoms with Crippen LogP contribution in [0, 0.1) is 0 Å². The highest BCUT2D eigenvalue weighted by atomic mass is 32.2. The van der Waals surface area contributed by atoms with Crippen LogP contribution < -0.4 is 10.0 Å². The maximum Gasteiger partial charge on any atom is 0.253 e. The highest BCUT2D eigenvalue weighted by molar-refractivity contribution is 7.89. The lowest BCUT2D eigenvalue weighted by Crippen LogP contribution is -2.44. The molecule has 1 aromatic rings. The van der Waals surface area contributed by atoms with Gasteiger partial charge in [-0.25, -0.2) is 13.1 Å². The number of nitrogens with zero attached hydrogens (tertiary/aromatic N) is 1. The molecule has 0 unspecified atom stereocenters. The number of piperidine rings is 1. The lowest BCUT2D eigenvalue weighted by atomic mass is 10.0. The number of hydrogen-bond acceptors (Lipinski definition) is 5. The smallest absolute Gasteiger partial charge is 0.253 e. The summed E-state index contributed by atoms with van der Waals surface area (Å²) >= 11 is 0. The molecule has 1 aliphatic rings. The van der Waals surface area contributed by atoms with Gasteiger partial charge in [0.25, 0.3) is 5.91 Å². The zero-order valence-corrected chi connectivity index (χ0v) is 14.9. The largest absolute Gasteiger partial charge is 0.383 e. The van der Waals surface area contributed by atoms with Crippen LogP contribution in [-0.4, -0.2) is 65.7 Å². The quantitative estimate of drug-likeness (QED) is 0.693. The number of rotatable bonds is 7. The van der Waals surface area contributed by atoms with Gasteiger partial charge < -0.3 is 15.0 Å². The van der Waals surface area contributed by atoms with Gasteiger partial charge in [0.15, 0.2) is 0 Å². The Morgan fingerprint density at radius 1 is 1.33 bits per heavy atom. The normalized spacial score (nSPS) is 16.3. The van der Waals surface area contributed by atoms with E-state index in [1.165, 1.54) is 19.2 Å². The third kappa shape index (κ3) is 4.76. The van der Waals surface area contributed by atoms with Crippen LogP contribution in [0.4, 0.5) is 0 Å². The van der Waals surface area contributed by atoms with E-state index in [2.05, 4.69) is 10.0 Å². The summed E-state index contributed by atoms with van der Waals surface area (Å²) in [6.07, 6.45) is 1.80. The summed E-state index contributed by atoms with van der Waals surface area (Å²) in [4.78, 5) is 14.5. The summed E-state index contributed by atoms with van der Waals surface area (Å²) < 4.78 is 31.8. The lowest BCUT2D eigenvalue weighted by Gasteiger charge is -2.31. The second-order valence-electron chi connectivity index (χ2n) is 5.77. The molecular weight excluding hydrogens is 330 g/mol. The van der Waals surface area contributed by atoms with Crippen LogP contribution in [0.2, 0.25) is 0 Å². The minimum atomic E-state index is -3.64. The van der Waals surface area contributed by atoms with Crippen LogP contribution >= 0.6 is 0 Å². The van der Waals surface area contributed by atoms with E-state index in [-0.39, 0.29) is 24.0 Å². The molecule has 8 heteroatoms. The predicted molar refractivity (Wildman–Crippen MR) is 91.5 cm³/mol. The molecule has 0 saturated carbocycles. The van der Waals surface area contributed by atoms with Crippen molar-refractivity contribution in [1.29, 1.82) is 0 Å². The zero-order chi connectivity index (χ0) is 17.6. The second-order valence-corrected chi connectivity index (χ2v) is 7.54. The van der Waals surface area contributed by atoms with Gasteiger partial charge in [-0.1, -0.05) is 6.07 Å². The highest BCUT2D eigenvalue weighted by Crippen LogP contribution is 2.17. The Morgan fingerprint density at radius 2 is 2.04 bits per heavy atom. The van der Waals surface area contributed by atoms with Gasteiger partial charge in [0.05, 0.1) is 11.5 Å². The third-order valence-corrected chi connectivity index (χ3v) is 5.64. The number of carbonyl (C=O) groups excluding carboxylic acids is 1. The molecule has 2 rings (SSSR count). The minimum absolute atomic E-state index is 0.0922. The SMILES string of the molecule is CNC1CCN(C(=O)c2cccc(S(=O)(=O)NCCOC)c2)CC1. The van der Waals surface area contributed by atoms with Crippen molar-refractivity contribution in [2.45, 2.75) is 23.8 Å². The first-order valence-corrected chi connectivity index (χ1v) is 9.51. The number of hydrogen-bond donors (Lipinski definition) is 2. The van der Waals surface area contributed by atoms with Gasteiger partial charge in [0.2, 0.25) is 10.0 Å². The van der Waals surface area contributed by atoms with E-state index in [1.54, 1.807) is 17.0 Å². The van der Waals surface area contributed by atoms with Crippen molar-refractivity contribution >= 4 is 15.9 Å². The van der Waals surface area contributed by atoms with Crippen molar-refractivity contribution < 1.29 is 17.9 Å². The van der Waals surface area contributed by atoms with Gasteiger partial charge in [-0.05, 0) is 38.1 Å². The number of likely N-dealkylation sites (tertiary alicyclic amines) is 1. The number of methoxy groups -OCH3 is 1. The molecule has 134 valence electrons. The van der Waals surface area contributed by atoms with E-state index in [1.807, 2.05) is 7.05 Å². The van der Waals surface area contributed by atoms with Crippen LogP contribution in [-0.2, 0) is 14.8 Å². The molecule has 7 nitrogen and oxygen atoms in total. The number of ether oxygens (including phenoxy) is 1. The first-order valence-electron chi connectivity index (χ1n) is 8.03. The Labute approximate surface area is 143 Å². The Balaban J connectivity index is 2.08. The van der Waals surface area contributed by atoms with Gasteiger partial charge in [-0.3, -0.25) is 4.79 Å². The fraction of sp³-hybridized carbons (Fsp3) is 0.562. The summed E-state index contributed by atoms with van der Waals surface area (Å²) in [5, 5.41) is 3.22. The van der Waals surface area contributed by atoms with Gasteiger partial charge in [0.1, 0.15) is 0 Å². The van der Waals surface area contributed by atoms with Crippen LogP contribution in [0.25, 0.3) is 0 Å². The molecule has 0 spiro atoms. The Morgan fingerprint density at radius 3 is 2.67 bits per heavy atom. The number of carbonyl (C=O) groups is 1. The molecule has 2 N–H and O–H groups in total. The highest BCUT2D eigenvalue weighted by Gasteiger charge is 2.24. The van der Waals surface area contributed by atoms with E-state index < -0.39 is 10.0 Å². The monoisotopic (exact) mass is 355 g/mol. The van der Waals surface area contributed by atoms with Gasteiger partial charge in [0, 0.05) is 38.3 Å². The maximum atomic E-state index is 12.6. The molecular formula is C16H25N3O4S. The second kappa shape index (κ2) is 8.57. The molecule has 0 bridgehead atoms. The van der Waals surface area contributed by atoms with Crippen LogP contribution in [0.5, 0.6) is 0 Å². The summed E-state index contributed by atoms with van der Waals surface area (Å²) in [6, 6.07) is 6.60. The van der Waals surface area contributed by atoms with Crippen LogP contribution in [0.3, 0.4) is 0 Å². The zero-order valence-electron chi connectivity index (χ0n) is 14.1. The molecule has 0 radical (unpaired) electrons. The minimum Gasteiger partial charge on any atom is -0.383 e. The van der Waals surface area contributed by atoms with Crippen molar-refractivity contribution in [3.63, 3.8) is 0 Å². The number of nitrogens with one attached hydrogen (secondary N) is 2. The average molecular weight is 355 g/mol. The maximum absolute atomic E-state index is 12.6. The summed E-state index contributed by atoms with van der Waals surface area (Å²) in [6.45, 7) is 1.83. The molecule has 24 heavy (non-hydrogen) atoms. The molecule has 0 aliphatic carbocycles. The van der Waals surface area contributed by atoms with Crippen molar-refractivity contribution in [3.05, 3.63) is 29.8 Å². The van der Waals surface area contributed by atoms with Crippen LogP contribution in [0.1, 0.15) is 23.2 Å². The molecule has 1 aliphatic heterocycles. The first-order chi connectivity index (χ1) is 11.5. The Kier molecular flexibility index (Phi) is 6.73. The van der Waals surface area contributed by atoms with Gasteiger partial charge in [-0.2, -0.15) is 0 Å². The summed E-state index contributed by atoms with van der Waals surface area (Å²) in [7, 11) is -0.214. The van der Waals surface area contributed by atoms with Crippen molar-refractivity contribution in [1.82, 2.24) is 14.9 Å². The number of sulfonamides is 1. The number of benzene rings is 1. The fourth-order valence-corrected chi connectivity index (χ4v) is 3.77. The molecule has 0 atom stereocenters. The van der Waals surface area contributed by atoms with E-state index in [0.717, 1.165) is 12.8 Å². The van der Waals surface area contributed by atoms with Crippen molar-refractivity contribution in [2.24, 2.45) is 0 Å². The molecule has 1 aromatic carbocycles. The van der Waals surface area contributed by atoms with E-state index in [4.69, 9.17) is 4.74 Å². The lowest BCUT2D eigenvalue weighted by molar-refractivity contribution is 0.0707. The van der Waals surface area contributed by atoms with Crippen molar-refractivity contribution in [3.8, 4) is 0 Å². The fourth-order valence-electron chi connectivity index (χ4n) is 2.71. The third-order valence-electron chi connectivity index (χ3n) is 4.18. The Bertz CT molecular complexity index is 655. The van der Waals surface area contributed by atoms with Gasteiger partial charge in [-0.15, -0.1) is 0 Å². The summed E-state index contributed by atoms with van der Waals surface area (Å²) in [5.41, 5.74) is 0.396. The molecule has 0 aromatic heterocycles. The van der Waals surface area contributed by atoms with E-state index >= 15 is 0 Å². The van der Waals surface area contributed by atoms with Gasteiger partial charge >= 0.3 is 0 Å². The Hall–Kier alpha value is -1.48. The summed E-state index contributed by atoms with van der Waals surface area (Å²) in [5.74, 6) is -0.126. The number of amides is 1. The predicted octanol–water partition coefficient (Wildman–Crippen LogP) is 0.435.